The van der Waals surface area contributed by atoms with Crippen LogP contribution in [0.15, 0.2) is 0 Å². The number of aliphatic hydroxyl groups excluding tert-OH is 1. The molecule has 0 spiro atoms. The summed E-state index contributed by atoms with van der Waals surface area (Å²) in [4.78, 5) is 12.9. The lowest BCUT2D eigenvalue weighted by molar-refractivity contribution is -0.139. The second kappa shape index (κ2) is 9.28. The van der Waals surface area contributed by atoms with E-state index < -0.39 is 12.1 Å². The molecular formula is C14H27NO4. The number of carboxylic acid groups (broad SMARTS) is 1. The minimum Gasteiger partial charge on any atom is -0.481 e. The molecule has 1 fully saturated rings. The Morgan fingerprint density at radius 1 is 1.47 bits per heavy atom. The van der Waals surface area contributed by atoms with Crippen molar-refractivity contribution in [2.45, 2.75) is 57.6 Å². The molecule has 0 aromatic heterocycles. The van der Waals surface area contributed by atoms with Crippen LogP contribution in [0.3, 0.4) is 0 Å². The first kappa shape index (κ1) is 16.4. The molecule has 0 amide bonds. The van der Waals surface area contributed by atoms with Crippen molar-refractivity contribution >= 4 is 5.97 Å². The molecule has 2 atom stereocenters. The van der Waals surface area contributed by atoms with Gasteiger partial charge < -0.3 is 14.9 Å². The van der Waals surface area contributed by atoms with E-state index in [2.05, 4.69) is 11.8 Å². The lowest BCUT2D eigenvalue weighted by atomic mass is 9.99. The first-order chi connectivity index (χ1) is 9.13. The Morgan fingerprint density at radius 2 is 2.26 bits per heavy atom. The third kappa shape index (κ3) is 6.89. The van der Waals surface area contributed by atoms with Crippen LogP contribution in [0.25, 0.3) is 0 Å². The highest BCUT2D eigenvalue weighted by atomic mass is 16.5. The summed E-state index contributed by atoms with van der Waals surface area (Å²) in [5.41, 5.74) is 0. The Kier molecular flexibility index (Phi) is 8.02. The summed E-state index contributed by atoms with van der Waals surface area (Å²) in [5, 5.41) is 18.8. The zero-order valence-corrected chi connectivity index (χ0v) is 11.9. The summed E-state index contributed by atoms with van der Waals surface area (Å²) < 4.78 is 5.40. The van der Waals surface area contributed by atoms with E-state index in [1.54, 1.807) is 0 Å². The average Bonchev–Trinajstić information content (AvgIpc) is 2.36. The van der Waals surface area contributed by atoms with Crippen LogP contribution >= 0.6 is 0 Å². The third-order valence-corrected chi connectivity index (χ3v) is 3.56. The van der Waals surface area contributed by atoms with E-state index in [9.17, 15) is 9.90 Å². The lowest BCUT2D eigenvalue weighted by Gasteiger charge is -2.36. The minimum atomic E-state index is -0.759. The fourth-order valence-corrected chi connectivity index (χ4v) is 2.52. The van der Waals surface area contributed by atoms with Gasteiger partial charge >= 0.3 is 5.97 Å². The Hall–Kier alpha value is -0.650. The number of piperidine rings is 1. The topological polar surface area (TPSA) is 70.0 Å². The van der Waals surface area contributed by atoms with Crippen molar-refractivity contribution in [3.8, 4) is 0 Å². The summed E-state index contributed by atoms with van der Waals surface area (Å²) in [5.74, 6) is -0.759. The van der Waals surface area contributed by atoms with Gasteiger partial charge in [0.1, 0.15) is 0 Å². The standard InChI is InChI=1S/C14H27NO4/c1-2-3-8-19-11-13(16)10-15-7-5-4-6-12(15)9-14(17)18/h12-13,16H,2-11H2,1H3,(H,17,18). The number of hydrogen-bond donors (Lipinski definition) is 2. The van der Waals surface area contributed by atoms with Crippen molar-refractivity contribution in [2.75, 3.05) is 26.3 Å². The smallest absolute Gasteiger partial charge is 0.304 e. The molecule has 0 aliphatic carbocycles. The van der Waals surface area contributed by atoms with E-state index >= 15 is 0 Å². The summed E-state index contributed by atoms with van der Waals surface area (Å²) in [6.07, 6.45) is 4.82. The van der Waals surface area contributed by atoms with Crippen molar-refractivity contribution in [1.82, 2.24) is 4.90 Å². The van der Waals surface area contributed by atoms with Crippen LogP contribution in [0.5, 0.6) is 0 Å². The number of aliphatic carboxylic acids is 1. The second-order valence-electron chi connectivity index (χ2n) is 5.32. The molecule has 0 saturated carbocycles. The molecule has 1 rings (SSSR count). The first-order valence-electron chi connectivity index (χ1n) is 7.35. The first-order valence-corrected chi connectivity index (χ1v) is 7.35. The van der Waals surface area contributed by atoms with Gasteiger partial charge in [-0.05, 0) is 25.8 Å². The van der Waals surface area contributed by atoms with Crippen LogP contribution in [-0.4, -0.2) is 59.5 Å². The summed E-state index contributed by atoms with van der Waals surface area (Å²) >= 11 is 0. The maximum atomic E-state index is 10.8. The fraction of sp³-hybridized carbons (Fsp3) is 0.929. The fourth-order valence-electron chi connectivity index (χ4n) is 2.52. The molecule has 0 radical (unpaired) electrons. The Morgan fingerprint density at radius 3 is 2.95 bits per heavy atom. The number of carbonyl (C=O) groups is 1. The van der Waals surface area contributed by atoms with E-state index in [0.717, 1.165) is 38.6 Å². The quantitative estimate of drug-likeness (QED) is 0.623. The molecular weight excluding hydrogens is 246 g/mol. The van der Waals surface area contributed by atoms with Crippen LogP contribution < -0.4 is 0 Å². The lowest BCUT2D eigenvalue weighted by Crippen LogP contribution is -2.45. The largest absolute Gasteiger partial charge is 0.481 e. The molecule has 2 unspecified atom stereocenters. The number of carboxylic acids is 1. The Bertz CT molecular complexity index is 260. The van der Waals surface area contributed by atoms with Crippen molar-refractivity contribution < 1.29 is 19.7 Å². The number of aliphatic hydroxyl groups is 1. The van der Waals surface area contributed by atoms with Crippen molar-refractivity contribution in [3.05, 3.63) is 0 Å². The molecule has 5 heteroatoms. The molecule has 0 bridgehead atoms. The predicted molar refractivity (Wildman–Crippen MR) is 73.2 cm³/mol. The van der Waals surface area contributed by atoms with Gasteiger partial charge in [0, 0.05) is 19.2 Å². The molecule has 1 saturated heterocycles. The van der Waals surface area contributed by atoms with E-state index in [1.807, 2.05) is 0 Å². The molecule has 1 heterocycles. The Labute approximate surface area is 115 Å². The van der Waals surface area contributed by atoms with Crippen LogP contribution in [0, 0.1) is 0 Å². The van der Waals surface area contributed by atoms with Gasteiger partial charge in [-0.15, -0.1) is 0 Å². The van der Waals surface area contributed by atoms with Gasteiger partial charge in [-0.1, -0.05) is 19.8 Å². The molecule has 1 aliphatic heterocycles. The maximum Gasteiger partial charge on any atom is 0.304 e. The Balaban J connectivity index is 2.28. The van der Waals surface area contributed by atoms with Crippen LogP contribution in [0.2, 0.25) is 0 Å². The minimum absolute atomic E-state index is 0.0662. The van der Waals surface area contributed by atoms with Gasteiger partial charge in [-0.25, -0.2) is 0 Å². The van der Waals surface area contributed by atoms with Gasteiger partial charge in [0.05, 0.1) is 19.1 Å². The average molecular weight is 273 g/mol. The van der Waals surface area contributed by atoms with E-state index in [-0.39, 0.29) is 12.5 Å². The molecule has 0 aromatic rings. The van der Waals surface area contributed by atoms with Crippen LogP contribution in [0.4, 0.5) is 0 Å². The maximum absolute atomic E-state index is 10.8. The molecule has 2 N–H and O–H groups in total. The molecule has 0 aromatic carbocycles. The summed E-state index contributed by atoms with van der Waals surface area (Å²) in [6, 6.07) is 0.0662. The number of nitrogens with zero attached hydrogens (tertiary/aromatic N) is 1. The number of likely N-dealkylation sites (tertiary alicyclic amines) is 1. The number of rotatable bonds is 9. The number of ether oxygens (including phenoxy) is 1. The normalized spacial score (nSPS) is 22.3. The third-order valence-electron chi connectivity index (χ3n) is 3.56. The molecule has 1 aliphatic rings. The predicted octanol–water partition coefficient (Wildman–Crippen LogP) is 1.49. The second-order valence-corrected chi connectivity index (χ2v) is 5.32. The highest BCUT2D eigenvalue weighted by Gasteiger charge is 2.26. The van der Waals surface area contributed by atoms with Crippen LogP contribution in [-0.2, 0) is 9.53 Å². The summed E-state index contributed by atoms with van der Waals surface area (Å²) in [6.45, 7) is 4.53. The highest BCUT2D eigenvalue weighted by Crippen LogP contribution is 2.19. The zero-order valence-electron chi connectivity index (χ0n) is 11.9. The monoisotopic (exact) mass is 273 g/mol. The van der Waals surface area contributed by atoms with Gasteiger partial charge in [0.15, 0.2) is 0 Å². The molecule has 112 valence electrons. The van der Waals surface area contributed by atoms with Gasteiger partial charge in [-0.2, -0.15) is 0 Å². The van der Waals surface area contributed by atoms with Crippen molar-refractivity contribution in [1.29, 1.82) is 0 Å². The van der Waals surface area contributed by atoms with E-state index in [4.69, 9.17) is 9.84 Å². The van der Waals surface area contributed by atoms with E-state index in [1.165, 1.54) is 0 Å². The van der Waals surface area contributed by atoms with Crippen molar-refractivity contribution in [3.63, 3.8) is 0 Å². The van der Waals surface area contributed by atoms with Gasteiger partial charge in [0.25, 0.3) is 0 Å². The number of hydrogen-bond acceptors (Lipinski definition) is 4. The SMILES string of the molecule is CCCCOCC(O)CN1CCCCC1CC(=O)O. The van der Waals surface area contributed by atoms with Gasteiger partial charge in [0.2, 0.25) is 0 Å². The highest BCUT2D eigenvalue weighted by molar-refractivity contribution is 5.67. The van der Waals surface area contributed by atoms with E-state index in [0.29, 0.717) is 19.8 Å². The van der Waals surface area contributed by atoms with Gasteiger partial charge in [-0.3, -0.25) is 9.69 Å². The van der Waals surface area contributed by atoms with Crippen molar-refractivity contribution in [2.24, 2.45) is 0 Å². The van der Waals surface area contributed by atoms with Crippen LogP contribution in [0.1, 0.15) is 45.4 Å². The molecule has 5 nitrogen and oxygen atoms in total. The number of β-amino-alcohol motifs (C(OH)–C–C–N with tert-alkyl or cyclic N) is 1. The molecule has 19 heavy (non-hydrogen) atoms. The number of unbranched alkanes of at least 4 members (excludes halogenated alkanes) is 1. The summed E-state index contributed by atoms with van der Waals surface area (Å²) in [7, 11) is 0. The zero-order chi connectivity index (χ0) is 14.1.